The van der Waals surface area contributed by atoms with Crippen molar-refractivity contribution in [1.82, 2.24) is 31.1 Å². The van der Waals surface area contributed by atoms with Crippen LogP contribution in [0.2, 0.25) is 0 Å². The van der Waals surface area contributed by atoms with Crippen LogP contribution in [0.5, 0.6) is 0 Å². The van der Waals surface area contributed by atoms with Crippen molar-refractivity contribution in [2.75, 3.05) is 106 Å². The van der Waals surface area contributed by atoms with Crippen molar-refractivity contribution in [2.45, 2.75) is 0 Å². The number of nitrogens with zero attached hydrogens (tertiary/aromatic N) is 2. The van der Waals surface area contributed by atoms with Gasteiger partial charge in [0.2, 0.25) is 0 Å². The lowest BCUT2D eigenvalue weighted by Gasteiger charge is -2.24. The van der Waals surface area contributed by atoms with Crippen LogP contribution in [0.25, 0.3) is 0 Å². The summed E-state index contributed by atoms with van der Waals surface area (Å²) in [6.45, 7) is 13.6. The topological polar surface area (TPSA) is 107 Å². The second kappa shape index (κ2) is 19.0. The third-order valence-corrected chi connectivity index (χ3v) is 3.94. The van der Waals surface area contributed by atoms with Gasteiger partial charge in [-0.1, -0.05) is 0 Å². The van der Waals surface area contributed by atoms with E-state index in [1.54, 1.807) is 0 Å². The Bertz CT molecular complexity index is 242. The van der Waals surface area contributed by atoms with Gasteiger partial charge in [-0.2, -0.15) is 0 Å². The van der Waals surface area contributed by atoms with E-state index in [2.05, 4.69) is 31.1 Å². The van der Waals surface area contributed by atoms with E-state index in [1.165, 1.54) is 0 Å². The Labute approximate surface area is 149 Å². The predicted octanol–water partition coefficient (Wildman–Crippen LogP) is -2.87. The van der Waals surface area contributed by atoms with Crippen molar-refractivity contribution in [1.29, 1.82) is 0 Å². The molecule has 0 aliphatic heterocycles. The molecule has 0 aromatic rings. The Morgan fingerprint density at radius 1 is 0.542 bits per heavy atom. The summed E-state index contributed by atoms with van der Waals surface area (Å²) in [6.07, 6.45) is 0. The quantitative estimate of drug-likeness (QED) is 0.139. The maximum atomic E-state index is 5.68. The Kier molecular flexibility index (Phi) is 18.8. The highest BCUT2D eigenvalue weighted by molar-refractivity contribution is 4.65. The van der Waals surface area contributed by atoms with Crippen molar-refractivity contribution >= 4 is 0 Å². The summed E-state index contributed by atoms with van der Waals surface area (Å²) in [5.74, 6) is 0. The molecule has 0 amide bonds. The monoisotopic (exact) mass is 346 g/mol. The maximum absolute atomic E-state index is 5.68. The average Bonchev–Trinajstić information content (AvgIpc) is 2.59. The number of likely N-dealkylation sites (N-methyl/N-ethyl adjacent to an activating group) is 2. The van der Waals surface area contributed by atoms with Crippen LogP contribution in [0.3, 0.4) is 0 Å². The highest BCUT2D eigenvalue weighted by atomic mass is 15.2. The van der Waals surface area contributed by atoms with Crippen LogP contribution in [-0.4, -0.2) is 116 Å². The molecule has 0 spiro atoms. The van der Waals surface area contributed by atoms with Crippen LogP contribution < -0.4 is 32.7 Å². The van der Waals surface area contributed by atoms with Gasteiger partial charge in [-0.3, -0.25) is 9.80 Å². The molecule has 146 valence electrons. The SMILES string of the molecule is CNCCN(CCN)CCNCCN(CCNC)CCNCCN. The minimum absolute atomic E-state index is 0.699. The molecule has 0 fully saturated rings. The number of rotatable bonds is 19. The van der Waals surface area contributed by atoms with E-state index in [4.69, 9.17) is 11.5 Å². The van der Waals surface area contributed by atoms with E-state index in [-0.39, 0.29) is 0 Å². The minimum Gasteiger partial charge on any atom is -0.329 e. The molecular formula is C16H42N8. The van der Waals surface area contributed by atoms with Gasteiger partial charge in [0.05, 0.1) is 0 Å². The fourth-order valence-electron chi connectivity index (χ4n) is 2.46. The summed E-state index contributed by atoms with van der Waals surface area (Å²) in [5, 5.41) is 13.3. The largest absolute Gasteiger partial charge is 0.329 e. The summed E-state index contributed by atoms with van der Waals surface area (Å²) in [6, 6.07) is 0. The molecule has 0 atom stereocenters. The van der Waals surface area contributed by atoms with Crippen molar-refractivity contribution in [3.05, 3.63) is 0 Å². The summed E-state index contributed by atoms with van der Waals surface area (Å²) in [4.78, 5) is 4.88. The highest BCUT2D eigenvalue weighted by Crippen LogP contribution is 1.87. The lowest BCUT2D eigenvalue weighted by atomic mass is 10.4. The Hall–Kier alpha value is -0.320. The Morgan fingerprint density at radius 3 is 1.38 bits per heavy atom. The first kappa shape index (κ1) is 23.7. The zero-order valence-corrected chi connectivity index (χ0v) is 15.9. The molecule has 24 heavy (non-hydrogen) atoms. The molecule has 0 rings (SSSR count). The number of nitrogens with one attached hydrogen (secondary N) is 4. The highest BCUT2D eigenvalue weighted by Gasteiger charge is 2.05. The fourth-order valence-corrected chi connectivity index (χ4v) is 2.46. The zero-order chi connectivity index (χ0) is 17.9. The lowest BCUT2D eigenvalue weighted by Crippen LogP contribution is -2.42. The van der Waals surface area contributed by atoms with Crippen LogP contribution in [-0.2, 0) is 0 Å². The zero-order valence-electron chi connectivity index (χ0n) is 15.9. The van der Waals surface area contributed by atoms with Gasteiger partial charge in [-0.05, 0) is 14.1 Å². The third kappa shape index (κ3) is 15.2. The second-order valence-corrected chi connectivity index (χ2v) is 5.97. The third-order valence-electron chi connectivity index (χ3n) is 3.94. The fraction of sp³-hybridized carbons (Fsp3) is 1.00. The van der Waals surface area contributed by atoms with E-state index in [9.17, 15) is 0 Å². The first-order valence-electron chi connectivity index (χ1n) is 9.34. The first-order chi connectivity index (χ1) is 11.8. The van der Waals surface area contributed by atoms with Gasteiger partial charge in [-0.15, -0.1) is 0 Å². The van der Waals surface area contributed by atoms with Gasteiger partial charge in [0.15, 0.2) is 0 Å². The van der Waals surface area contributed by atoms with Crippen molar-refractivity contribution in [2.24, 2.45) is 11.5 Å². The summed E-state index contributed by atoms with van der Waals surface area (Å²) in [5.41, 5.74) is 11.2. The van der Waals surface area contributed by atoms with Gasteiger partial charge in [0.25, 0.3) is 0 Å². The van der Waals surface area contributed by atoms with Crippen molar-refractivity contribution in [3.8, 4) is 0 Å². The molecule has 0 aliphatic carbocycles. The molecule has 0 radical (unpaired) electrons. The molecule has 0 unspecified atom stereocenters. The number of hydrogen-bond acceptors (Lipinski definition) is 8. The van der Waals surface area contributed by atoms with E-state index in [0.717, 1.165) is 85.1 Å². The molecule has 8 N–H and O–H groups in total. The molecule has 0 saturated carbocycles. The normalized spacial score (nSPS) is 11.8. The minimum atomic E-state index is 0.699. The lowest BCUT2D eigenvalue weighted by molar-refractivity contribution is 0.261. The summed E-state index contributed by atoms with van der Waals surface area (Å²) >= 11 is 0. The second-order valence-electron chi connectivity index (χ2n) is 5.97. The molecule has 0 heterocycles. The molecule has 0 aromatic heterocycles. The van der Waals surface area contributed by atoms with Crippen molar-refractivity contribution in [3.63, 3.8) is 0 Å². The molecular weight excluding hydrogens is 304 g/mol. The van der Waals surface area contributed by atoms with Crippen LogP contribution in [0.4, 0.5) is 0 Å². The van der Waals surface area contributed by atoms with Gasteiger partial charge >= 0.3 is 0 Å². The van der Waals surface area contributed by atoms with Crippen LogP contribution in [0, 0.1) is 0 Å². The molecule has 0 saturated heterocycles. The van der Waals surface area contributed by atoms with E-state index < -0.39 is 0 Å². The van der Waals surface area contributed by atoms with Gasteiger partial charge < -0.3 is 32.7 Å². The maximum Gasteiger partial charge on any atom is 0.0108 e. The van der Waals surface area contributed by atoms with Crippen LogP contribution in [0.1, 0.15) is 0 Å². The van der Waals surface area contributed by atoms with E-state index >= 15 is 0 Å². The molecule has 0 aliphatic rings. The van der Waals surface area contributed by atoms with E-state index in [0.29, 0.717) is 6.54 Å². The Balaban J connectivity index is 3.81. The number of nitrogens with two attached hydrogens (primary N) is 2. The van der Waals surface area contributed by atoms with Gasteiger partial charge in [0.1, 0.15) is 0 Å². The molecule has 0 aromatic carbocycles. The smallest absolute Gasteiger partial charge is 0.0108 e. The molecule has 0 bridgehead atoms. The van der Waals surface area contributed by atoms with Crippen LogP contribution >= 0.6 is 0 Å². The summed E-state index contributed by atoms with van der Waals surface area (Å²) < 4.78 is 0. The van der Waals surface area contributed by atoms with Gasteiger partial charge in [-0.25, -0.2) is 0 Å². The average molecular weight is 347 g/mol. The van der Waals surface area contributed by atoms with E-state index in [1.807, 2.05) is 14.1 Å². The standard InChI is InChI=1S/C16H42N8/c1-19-6-12-23(11-4-18)14-9-22-10-16-24(13-7-20-2)15-8-21-5-3-17/h19-22H,3-18H2,1-2H3. The predicted molar refractivity (Wildman–Crippen MR) is 105 cm³/mol. The molecule has 8 heteroatoms. The van der Waals surface area contributed by atoms with Crippen molar-refractivity contribution < 1.29 is 0 Å². The molecule has 8 nitrogen and oxygen atoms in total. The Morgan fingerprint density at radius 2 is 0.958 bits per heavy atom. The first-order valence-corrected chi connectivity index (χ1v) is 9.34. The summed E-state index contributed by atoms with van der Waals surface area (Å²) in [7, 11) is 3.99. The van der Waals surface area contributed by atoms with Crippen LogP contribution in [0.15, 0.2) is 0 Å². The number of hydrogen-bond donors (Lipinski definition) is 6. The van der Waals surface area contributed by atoms with Gasteiger partial charge in [0, 0.05) is 91.6 Å².